The summed E-state index contributed by atoms with van der Waals surface area (Å²) in [5.74, 6) is -2.36. The number of nitrogens with one attached hydrogen (secondary N) is 1. The van der Waals surface area contributed by atoms with Crippen LogP contribution in [-0.2, 0) is 11.2 Å². The average molecular weight is 538 g/mol. The summed E-state index contributed by atoms with van der Waals surface area (Å²) in [6.45, 7) is 9.03. The second-order valence-corrected chi connectivity index (χ2v) is 9.78. The van der Waals surface area contributed by atoms with E-state index in [0.717, 1.165) is 6.07 Å². The van der Waals surface area contributed by atoms with Crippen molar-refractivity contribution < 1.29 is 27.8 Å². The molecule has 0 bridgehead atoms. The Balaban J connectivity index is 1.63. The van der Waals surface area contributed by atoms with E-state index in [1.807, 2.05) is 13.8 Å². The van der Waals surface area contributed by atoms with Crippen LogP contribution in [0.1, 0.15) is 35.3 Å². The standard InChI is InChI=1S/C28H29F2N5O4/c1-6-21(36)35(5)9-10-38-25-23(32-14-33-26(25)31)19-11-17(29)12-20(15(19)2)34-27(37)18-8-7-16-13-28(3,4)39-24(16)22(18)30/h6-8,11-12,14H,1,9-10,13H2,2-5H3,(H,34,37)(H2,31,32,33). The molecule has 9 nitrogen and oxygen atoms in total. The smallest absolute Gasteiger partial charge is 0.258 e. The highest BCUT2D eigenvalue weighted by molar-refractivity contribution is 6.05. The Morgan fingerprint density at radius 3 is 2.74 bits per heavy atom. The zero-order valence-electron chi connectivity index (χ0n) is 22.1. The lowest BCUT2D eigenvalue weighted by atomic mass is 10.00. The van der Waals surface area contributed by atoms with Gasteiger partial charge in [-0.2, -0.15) is 0 Å². The number of benzene rings is 2. The van der Waals surface area contributed by atoms with Gasteiger partial charge in [-0.05, 0) is 50.6 Å². The van der Waals surface area contributed by atoms with Crippen LogP contribution in [0.2, 0.25) is 0 Å². The molecule has 3 N–H and O–H groups in total. The van der Waals surface area contributed by atoms with E-state index < -0.39 is 23.1 Å². The molecule has 0 fully saturated rings. The van der Waals surface area contributed by atoms with Gasteiger partial charge < -0.3 is 25.4 Å². The molecule has 204 valence electrons. The number of anilines is 2. The molecule has 2 amide bonds. The minimum Gasteiger partial charge on any atom is -0.486 e. The van der Waals surface area contributed by atoms with Crippen molar-refractivity contribution in [3.05, 3.63) is 71.6 Å². The van der Waals surface area contributed by atoms with Crippen LogP contribution in [0, 0.1) is 18.6 Å². The summed E-state index contributed by atoms with van der Waals surface area (Å²) in [5, 5.41) is 2.60. The van der Waals surface area contributed by atoms with Crippen LogP contribution in [0.15, 0.2) is 43.2 Å². The topological polar surface area (TPSA) is 120 Å². The zero-order chi connectivity index (χ0) is 28.5. The Bertz CT molecular complexity index is 1470. The molecule has 4 rings (SSSR count). The van der Waals surface area contributed by atoms with Crippen molar-refractivity contribution in [1.29, 1.82) is 0 Å². The minimum absolute atomic E-state index is 0.00934. The highest BCUT2D eigenvalue weighted by atomic mass is 19.1. The normalized spacial score (nSPS) is 13.3. The molecule has 0 atom stereocenters. The molecule has 0 radical (unpaired) electrons. The fourth-order valence-electron chi connectivity index (χ4n) is 4.31. The maximum Gasteiger partial charge on any atom is 0.258 e. The Labute approximate surface area is 224 Å². The summed E-state index contributed by atoms with van der Waals surface area (Å²) in [6.07, 6.45) is 2.90. The lowest BCUT2D eigenvalue weighted by Gasteiger charge is -2.19. The molecule has 0 saturated heterocycles. The van der Waals surface area contributed by atoms with E-state index in [1.165, 1.54) is 29.4 Å². The van der Waals surface area contributed by atoms with Gasteiger partial charge in [0.15, 0.2) is 23.1 Å². The largest absolute Gasteiger partial charge is 0.486 e. The van der Waals surface area contributed by atoms with Gasteiger partial charge in [-0.25, -0.2) is 18.7 Å². The van der Waals surface area contributed by atoms with Crippen LogP contribution >= 0.6 is 0 Å². The maximum atomic E-state index is 15.2. The molecule has 0 spiro atoms. The summed E-state index contributed by atoms with van der Waals surface area (Å²) >= 11 is 0. The fourth-order valence-corrected chi connectivity index (χ4v) is 4.31. The van der Waals surface area contributed by atoms with Crippen LogP contribution in [0.5, 0.6) is 11.5 Å². The van der Waals surface area contributed by atoms with E-state index >= 15 is 4.39 Å². The number of hydrogen-bond acceptors (Lipinski definition) is 7. The molecule has 1 aliphatic rings. The van der Waals surface area contributed by atoms with E-state index in [9.17, 15) is 14.0 Å². The van der Waals surface area contributed by atoms with Crippen LogP contribution in [0.3, 0.4) is 0 Å². The summed E-state index contributed by atoms with van der Waals surface area (Å²) in [4.78, 5) is 34.4. The third-order valence-electron chi connectivity index (χ3n) is 6.35. The van der Waals surface area contributed by atoms with Gasteiger partial charge in [0.2, 0.25) is 5.91 Å². The molecule has 39 heavy (non-hydrogen) atoms. The molecule has 3 aromatic rings. The molecule has 0 unspecified atom stereocenters. The van der Waals surface area contributed by atoms with Crippen molar-refractivity contribution in [3.8, 4) is 22.8 Å². The van der Waals surface area contributed by atoms with Gasteiger partial charge in [0.25, 0.3) is 5.91 Å². The highest BCUT2D eigenvalue weighted by Gasteiger charge is 2.34. The number of hydrogen-bond donors (Lipinski definition) is 2. The summed E-state index contributed by atoms with van der Waals surface area (Å²) < 4.78 is 41.5. The molecule has 11 heteroatoms. The maximum absolute atomic E-state index is 15.2. The molecule has 0 aliphatic carbocycles. The number of nitrogens with zero attached hydrogens (tertiary/aromatic N) is 3. The number of fused-ring (bicyclic) bond motifs is 1. The van der Waals surface area contributed by atoms with Crippen molar-refractivity contribution in [2.75, 3.05) is 31.2 Å². The average Bonchev–Trinajstić information content (AvgIpc) is 3.21. The van der Waals surface area contributed by atoms with Gasteiger partial charge in [0.05, 0.1) is 12.1 Å². The van der Waals surface area contributed by atoms with Crippen LogP contribution in [-0.4, -0.2) is 52.5 Å². The summed E-state index contributed by atoms with van der Waals surface area (Å²) in [7, 11) is 1.58. The third kappa shape index (κ3) is 5.66. The second-order valence-electron chi connectivity index (χ2n) is 9.78. The van der Waals surface area contributed by atoms with Crippen LogP contribution < -0.4 is 20.5 Å². The Kier molecular flexibility index (Phi) is 7.53. The van der Waals surface area contributed by atoms with Crippen LogP contribution in [0.4, 0.5) is 20.3 Å². The van der Waals surface area contributed by atoms with Crippen LogP contribution in [0.25, 0.3) is 11.3 Å². The number of nitrogen functional groups attached to an aromatic ring is 1. The van der Waals surface area contributed by atoms with Crippen molar-refractivity contribution in [1.82, 2.24) is 14.9 Å². The number of rotatable bonds is 8. The van der Waals surface area contributed by atoms with E-state index in [1.54, 1.807) is 20.0 Å². The second kappa shape index (κ2) is 10.7. The van der Waals surface area contributed by atoms with Gasteiger partial charge in [0, 0.05) is 30.3 Å². The quantitative estimate of drug-likeness (QED) is 0.411. The summed E-state index contributed by atoms with van der Waals surface area (Å²) in [6, 6.07) is 5.38. The van der Waals surface area contributed by atoms with Gasteiger partial charge >= 0.3 is 0 Å². The lowest BCUT2D eigenvalue weighted by molar-refractivity contribution is -0.125. The number of ether oxygens (including phenoxy) is 2. The highest BCUT2D eigenvalue weighted by Crippen LogP contribution is 2.39. The number of carbonyl (C=O) groups excluding carboxylic acids is 2. The zero-order valence-corrected chi connectivity index (χ0v) is 22.1. The Morgan fingerprint density at radius 1 is 1.28 bits per heavy atom. The monoisotopic (exact) mass is 537 g/mol. The van der Waals surface area contributed by atoms with E-state index in [2.05, 4.69) is 21.9 Å². The molecule has 1 aromatic heterocycles. The third-order valence-corrected chi connectivity index (χ3v) is 6.35. The molecule has 2 heterocycles. The number of aromatic nitrogens is 2. The van der Waals surface area contributed by atoms with Gasteiger partial charge in [-0.15, -0.1) is 0 Å². The lowest BCUT2D eigenvalue weighted by Crippen LogP contribution is -2.29. The van der Waals surface area contributed by atoms with Gasteiger partial charge in [-0.3, -0.25) is 9.59 Å². The number of likely N-dealkylation sites (N-methyl/N-ethyl adjacent to an activating group) is 1. The van der Waals surface area contributed by atoms with Gasteiger partial charge in [-0.1, -0.05) is 12.6 Å². The fraction of sp³-hybridized carbons (Fsp3) is 0.286. The first-order valence-electron chi connectivity index (χ1n) is 12.1. The van der Waals surface area contributed by atoms with E-state index in [-0.39, 0.29) is 58.9 Å². The SMILES string of the molecule is C=CC(=O)N(C)CCOc1c(N)ncnc1-c1cc(F)cc(NC(=O)c2ccc3c(c2F)OC(C)(C)C3)c1C. The predicted octanol–water partition coefficient (Wildman–Crippen LogP) is 4.30. The van der Waals surface area contributed by atoms with E-state index in [0.29, 0.717) is 17.5 Å². The molecular formula is C28H29F2N5O4. The number of amides is 2. The predicted molar refractivity (Wildman–Crippen MR) is 143 cm³/mol. The number of halogens is 2. The first-order valence-corrected chi connectivity index (χ1v) is 12.1. The van der Waals surface area contributed by atoms with Gasteiger partial charge in [0.1, 0.15) is 30.0 Å². The van der Waals surface area contributed by atoms with E-state index in [4.69, 9.17) is 15.2 Å². The Hall–Kier alpha value is -4.54. The molecule has 0 saturated carbocycles. The van der Waals surface area contributed by atoms with Crippen molar-refractivity contribution >= 4 is 23.3 Å². The minimum atomic E-state index is -0.774. The van der Waals surface area contributed by atoms with Crippen molar-refractivity contribution in [2.45, 2.75) is 32.8 Å². The number of nitrogens with two attached hydrogens (primary N) is 1. The van der Waals surface area contributed by atoms with Crippen molar-refractivity contribution in [3.63, 3.8) is 0 Å². The molecular weight excluding hydrogens is 508 g/mol. The first kappa shape index (κ1) is 27.5. The molecule has 2 aromatic carbocycles. The Morgan fingerprint density at radius 2 is 2.03 bits per heavy atom. The summed E-state index contributed by atoms with van der Waals surface area (Å²) in [5.41, 5.74) is 6.91. The first-order chi connectivity index (χ1) is 18.4. The molecule has 1 aliphatic heterocycles. The number of carbonyl (C=O) groups is 2. The van der Waals surface area contributed by atoms with Crippen molar-refractivity contribution in [2.24, 2.45) is 0 Å².